The minimum Gasteiger partial charge on any atom is -0.353 e. The largest absolute Gasteiger partial charge is 0.353 e. The normalized spacial score (nSPS) is 11.6. The number of imidazole rings is 1. The first-order valence-electron chi connectivity index (χ1n) is 7.97. The van der Waals surface area contributed by atoms with Crippen LogP contribution in [-0.4, -0.2) is 29.1 Å². The van der Waals surface area contributed by atoms with Crippen molar-refractivity contribution >= 4 is 11.0 Å². The molecule has 2 aromatic rings. The summed E-state index contributed by atoms with van der Waals surface area (Å²) >= 11 is 0. The molecule has 1 aromatic carbocycles. The van der Waals surface area contributed by atoms with Gasteiger partial charge < -0.3 is 14.0 Å². The first kappa shape index (κ1) is 16.0. The van der Waals surface area contributed by atoms with E-state index in [0.717, 1.165) is 37.1 Å². The quantitative estimate of drug-likeness (QED) is 0.659. The van der Waals surface area contributed by atoms with Crippen LogP contribution in [0.15, 0.2) is 24.3 Å². The smallest absolute Gasteiger partial charge is 0.159 e. The minimum atomic E-state index is -0.129. The summed E-state index contributed by atoms with van der Waals surface area (Å²) in [5, 5.41) is 0. The third-order valence-corrected chi connectivity index (χ3v) is 3.50. The van der Waals surface area contributed by atoms with Gasteiger partial charge in [0.1, 0.15) is 5.82 Å². The van der Waals surface area contributed by atoms with Crippen LogP contribution in [0, 0.1) is 0 Å². The fourth-order valence-electron chi connectivity index (χ4n) is 2.61. The van der Waals surface area contributed by atoms with Crippen LogP contribution in [0.2, 0.25) is 0 Å². The molecule has 0 bridgehead atoms. The molecule has 116 valence electrons. The Labute approximate surface area is 127 Å². The Hall–Kier alpha value is -1.39. The number of aromatic nitrogens is 2. The number of para-hydroxylation sites is 2. The van der Waals surface area contributed by atoms with Gasteiger partial charge in [0.15, 0.2) is 6.29 Å². The Morgan fingerprint density at radius 2 is 1.81 bits per heavy atom. The van der Waals surface area contributed by atoms with Crippen molar-refractivity contribution in [2.75, 3.05) is 13.2 Å². The van der Waals surface area contributed by atoms with E-state index in [-0.39, 0.29) is 6.29 Å². The third-order valence-electron chi connectivity index (χ3n) is 3.50. The van der Waals surface area contributed by atoms with E-state index in [1.807, 2.05) is 19.9 Å². The molecule has 2 rings (SSSR count). The summed E-state index contributed by atoms with van der Waals surface area (Å²) < 4.78 is 13.6. The number of hydrogen-bond acceptors (Lipinski definition) is 3. The second-order valence-electron chi connectivity index (χ2n) is 5.05. The zero-order valence-electron chi connectivity index (χ0n) is 13.3. The molecule has 4 heteroatoms. The molecule has 0 fully saturated rings. The fourth-order valence-corrected chi connectivity index (χ4v) is 2.61. The summed E-state index contributed by atoms with van der Waals surface area (Å²) in [5.41, 5.74) is 2.28. The molecule has 0 aliphatic rings. The molecule has 21 heavy (non-hydrogen) atoms. The van der Waals surface area contributed by atoms with Gasteiger partial charge >= 0.3 is 0 Å². The molecule has 0 atom stereocenters. The van der Waals surface area contributed by atoms with Gasteiger partial charge in [0, 0.05) is 32.6 Å². The van der Waals surface area contributed by atoms with Crippen LogP contribution >= 0.6 is 0 Å². The van der Waals surface area contributed by atoms with Crippen molar-refractivity contribution in [3.8, 4) is 0 Å². The standard InChI is InChI=1S/C17H26N2O2/c1-4-9-16-18-14-10-7-8-11-15(14)19(16)13-12-17(20-5-2)21-6-3/h7-8,10-11,17H,4-6,9,12-13H2,1-3H3. The van der Waals surface area contributed by atoms with E-state index in [2.05, 4.69) is 29.7 Å². The lowest BCUT2D eigenvalue weighted by atomic mass is 10.3. The molecule has 0 aliphatic heterocycles. The average molecular weight is 290 g/mol. The van der Waals surface area contributed by atoms with E-state index >= 15 is 0 Å². The monoisotopic (exact) mass is 290 g/mol. The predicted octanol–water partition coefficient (Wildman–Crippen LogP) is 3.78. The number of aryl methyl sites for hydroxylation is 2. The molecule has 0 N–H and O–H groups in total. The van der Waals surface area contributed by atoms with Crippen molar-refractivity contribution in [1.29, 1.82) is 0 Å². The maximum Gasteiger partial charge on any atom is 0.159 e. The Bertz CT molecular complexity index is 545. The lowest BCUT2D eigenvalue weighted by Gasteiger charge is -2.18. The number of ether oxygens (including phenoxy) is 2. The molecule has 0 amide bonds. The third kappa shape index (κ3) is 4.05. The van der Waals surface area contributed by atoms with E-state index in [9.17, 15) is 0 Å². The van der Waals surface area contributed by atoms with Gasteiger partial charge in [-0.25, -0.2) is 4.98 Å². The summed E-state index contributed by atoms with van der Waals surface area (Å²) in [6.07, 6.45) is 2.82. The van der Waals surface area contributed by atoms with E-state index in [4.69, 9.17) is 14.5 Å². The van der Waals surface area contributed by atoms with Gasteiger partial charge in [-0.15, -0.1) is 0 Å². The molecular weight excluding hydrogens is 264 g/mol. The molecule has 1 aromatic heterocycles. The van der Waals surface area contributed by atoms with Crippen LogP contribution in [0.3, 0.4) is 0 Å². The molecule has 0 radical (unpaired) electrons. The van der Waals surface area contributed by atoms with Crippen LogP contribution in [0.25, 0.3) is 11.0 Å². The Balaban J connectivity index is 2.17. The molecule has 1 heterocycles. The van der Waals surface area contributed by atoms with Crippen LogP contribution in [0.1, 0.15) is 39.4 Å². The molecule has 4 nitrogen and oxygen atoms in total. The van der Waals surface area contributed by atoms with E-state index in [0.29, 0.717) is 13.2 Å². The van der Waals surface area contributed by atoms with Gasteiger partial charge in [-0.1, -0.05) is 19.1 Å². The zero-order valence-corrected chi connectivity index (χ0v) is 13.3. The molecule has 0 saturated heterocycles. The van der Waals surface area contributed by atoms with Gasteiger partial charge in [0.25, 0.3) is 0 Å². The number of fused-ring (bicyclic) bond motifs is 1. The maximum absolute atomic E-state index is 5.64. The van der Waals surface area contributed by atoms with Gasteiger partial charge in [-0.05, 0) is 32.4 Å². The number of rotatable bonds is 9. The summed E-state index contributed by atoms with van der Waals surface area (Å²) in [6.45, 7) is 8.42. The van der Waals surface area contributed by atoms with Crippen LogP contribution in [0.5, 0.6) is 0 Å². The molecule has 0 aliphatic carbocycles. The highest BCUT2D eigenvalue weighted by Gasteiger charge is 2.13. The Morgan fingerprint density at radius 1 is 1.10 bits per heavy atom. The highest BCUT2D eigenvalue weighted by Crippen LogP contribution is 2.18. The van der Waals surface area contributed by atoms with Gasteiger partial charge in [0.05, 0.1) is 11.0 Å². The Morgan fingerprint density at radius 3 is 2.48 bits per heavy atom. The number of nitrogens with zero attached hydrogens (tertiary/aromatic N) is 2. The van der Waals surface area contributed by atoms with Gasteiger partial charge in [0.2, 0.25) is 0 Å². The summed E-state index contributed by atoms with van der Waals surface area (Å²) in [5.74, 6) is 1.16. The van der Waals surface area contributed by atoms with Crippen molar-refractivity contribution in [3.05, 3.63) is 30.1 Å². The summed E-state index contributed by atoms with van der Waals surface area (Å²) in [4.78, 5) is 4.75. The van der Waals surface area contributed by atoms with Crippen LogP contribution in [-0.2, 0) is 22.4 Å². The number of benzene rings is 1. The average Bonchev–Trinajstić information content (AvgIpc) is 2.83. The van der Waals surface area contributed by atoms with Gasteiger partial charge in [-0.3, -0.25) is 0 Å². The van der Waals surface area contributed by atoms with Crippen LogP contribution < -0.4 is 0 Å². The maximum atomic E-state index is 5.64. The van der Waals surface area contributed by atoms with E-state index < -0.39 is 0 Å². The molecule has 0 saturated carbocycles. The highest BCUT2D eigenvalue weighted by molar-refractivity contribution is 5.75. The topological polar surface area (TPSA) is 36.3 Å². The molecule has 0 unspecified atom stereocenters. The Kier molecular flexibility index (Phi) is 6.21. The highest BCUT2D eigenvalue weighted by atomic mass is 16.7. The van der Waals surface area contributed by atoms with Crippen molar-refractivity contribution in [2.24, 2.45) is 0 Å². The van der Waals surface area contributed by atoms with Gasteiger partial charge in [-0.2, -0.15) is 0 Å². The summed E-state index contributed by atoms with van der Waals surface area (Å²) in [7, 11) is 0. The van der Waals surface area contributed by atoms with Crippen LogP contribution in [0.4, 0.5) is 0 Å². The summed E-state index contributed by atoms with van der Waals surface area (Å²) in [6, 6.07) is 8.32. The second kappa shape index (κ2) is 8.15. The lowest BCUT2D eigenvalue weighted by Crippen LogP contribution is -2.20. The first-order chi connectivity index (χ1) is 10.3. The first-order valence-corrected chi connectivity index (χ1v) is 7.97. The molecular formula is C17H26N2O2. The van der Waals surface area contributed by atoms with Crippen molar-refractivity contribution in [1.82, 2.24) is 9.55 Å². The predicted molar refractivity (Wildman–Crippen MR) is 85.4 cm³/mol. The van der Waals surface area contributed by atoms with Crippen molar-refractivity contribution in [3.63, 3.8) is 0 Å². The zero-order chi connectivity index (χ0) is 15.1. The fraction of sp³-hybridized carbons (Fsp3) is 0.588. The van der Waals surface area contributed by atoms with E-state index in [1.165, 1.54) is 5.52 Å². The second-order valence-corrected chi connectivity index (χ2v) is 5.05. The van der Waals surface area contributed by atoms with Crippen molar-refractivity contribution < 1.29 is 9.47 Å². The molecule has 0 spiro atoms. The number of hydrogen-bond donors (Lipinski definition) is 0. The SMILES string of the molecule is CCCc1nc2ccccc2n1CCC(OCC)OCC. The lowest BCUT2D eigenvalue weighted by molar-refractivity contribution is -0.140. The minimum absolute atomic E-state index is 0.129. The van der Waals surface area contributed by atoms with E-state index in [1.54, 1.807) is 0 Å². The van der Waals surface area contributed by atoms with Crippen molar-refractivity contribution in [2.45, 2.75) is 52.9 Å².